The average molecular weight is 523 g/mol. The fourth-order valence-electron chi connectivity index (χ4n) is 4.47. The summed E-state index contributed by atoms with van der Waals surface area (Å²) in [5.74, 6) is 0.0797. The predicted octanol–water partition coefficient (Wildman–Crippen LogP) is 5.91. The highest BCUT2D eigenvalue weighted by Gasteiger charge is 2.41. The molecule has 2 fully saturated rings. The Morgan fingerprint density at radius 2 is 1.74 bits per heavy atom. The molecule has 2 unspecified atom stereocenters. The van der Waals surface area contributed by atoms with Crippen LogP contribution in [0.4, 0.5) is 13.6 Å². The summed E-state index contributed by atoms with van der Waals surface area (Å²) >= 11 is 6.03. The molecule has 2 atom stereocenters. The van der Waals surface area contributed by atoms with Crippen LogP contribution in [0.25, 0.3) is 0 Å². The SMILES string of the molecule is CC(C)(NC(=O)N1CC(OC(c2ccc(Cl)cc2)c2ccccc2C(F)(F)P)C1)C(=O)C1CCC1. The van der Waals surface area contributed by atoms with Crippen LogP contribution < -0.4 is 5.32 Å². The van der Waals surface area contributed by atoms with Gasteiger partial charge in [-0.05, 0) is 49.9 Å². The first-order valence-corrected chi connectivity index (χ1v) is 12.7. The summed E-state index contributed by atoms with van der Waals surface area (Å²) in [6.45, 7) is 4.05. The van der Waals surface area contributed by atoms with Gasteiger partial charge in [-0.15, -0.1) is 0 Å². The Morgan fingerprint density at radius 3 is 2.31 bits per heavy atom. The van der Waals surface area contributed by atoms with Gasteiger partial charge in [-0.1, -0.05) is 63.7 Å². The lowest BCUT2D eigenvalue weighted by atomic mass is 9.76. The molecule has 188 valence electrons. The van der Waals surface area contributed by atoms with Gasteiger partial charge in [0.25, 0.3) is 5.66 Å². The Labute approximate surface area is 211 Å². The Morgan fingerprint density at radius 1 is 1.11 bits per heavy atom. The van der Waals surface area contributed by atoms with E-state index in [9.17, 15) is 18.4 Å². The van der Waals surface area contributed by atoms with Crippen LogP contribution in [0.15, 0.2) is 48.5 Å². The van der Waals surface area contributed by atoms with Gasteiger partial charge in [0.15, 0.2) is 5.78 Å². The molecule has 35 heavy (non-hydrogen) atoms. The molecule has 1 aliphatic heterocycles. The quantitative estimate of drug-likeness (QED) is 0.438. The highest BCUT2D eigenvalue weighted by molar-refractivity contribution is 7.17. The Bertz CT molecular complexity index is 1080. The van der Waals surface area contributed by atoms with Gasteiger partial charge < -0.3 is 15.0 Å². The molecule has 4 rings (SSSR count). The van der Waals surface area contributed by atoms with E-state index in [-0.39, 0.29) is 29.4 Å². The molecule has 0 radical (unpaired) electrons. The largest absolute Gasteiger partial charge is 0.362 e. The number of benzene rings is 2. The molecule has 0 bridgehead atoms. The summed E-state index contributed by atoms with van der Waals surface area (Å²) in [5.41, 5.74) is -3.18. The number of Topliss-reactive ketones (excluding diaryl/α,β-unsaturated/α-hetero) is 1. The number of carbonyl (C=O) groups excluding carboxylic acids is 2. The Kier molecular flexibility index (Phi) is 7.51. The minimum absolute atomic E-state index is 0.0211. The molecule has 1 heterocycles. The maximum Gasteiger partial charge on any atom is 0.318 e. The average Bonchev–Trinajstić information content (AvgIpc) is 2.71. The standard InChI is InChI=1S/C26H30ClF2N2O3P/c1-25(2,23(32)17-6-5-7-17)30-24(33)31-14-19(15-31)34-22(16-10-12-18(27)13-11-16)20-8-3-4-9-21(20)26(28,29)35/h3-4,8-13,17,19,22H,5-7,14-15,35H2,1-2H3,(H,30,33). The number of likely N-dealkylation sites (tertiary alicyclic amines) is 1. The van der Waals surface area contributed by atoms with Crippen LogP contribution in [0.2, 0.25) is 5.02 Å². The molecule has 2 aromatic rings. The number of urea groups is 1. The zero-order chi connectivity index (χ0) is 25.4. The molecule has 1 saturated carbocycles. The topological polar surface area (TPSA) is 58.6 Å². The van der Waals surface area contributed by atoms with Gasteiger partial charge >= 0.3 is 6.03 Å². The first-order chi connectivity index (χ1) is 16.5. The summed E-state index contributed by atoms with van der Waals surface area (Å²) in [6.07, 6.45) is 1.69. The van der Waals surface area contributed by atoms with E-state index in [4.69, 9.17) is 16.3 Å². The third-order valence-corrected chi connectivity index (χ3v) is 7.31. The summed E-state index contributed by atoms with van der Waals surface area (Å²) in [6, 6.07) is 12.8. The van der Waals surface area contributed by atoms with Crippen LogP contribution in [0.1, 0.15) is 55.9 Å². The lowest BCUT2D eigenvalue weighted by Crippen LogP contribution is -2.63. The monoisotopic (exact) mass is 522 g/mol. The first kappa shape index (κ1) is 26.0. The number of ketones is 1. The number of amides is 2. The number of nitrogens with zero attached hydrogens (tertiary/aromatic N) is 1. The molecule has 1 saturated heterocycles. The second kappa shape index (κ2) is 10.1. The molecular formula is C26H30ClF2N2O3P. The fraction of sp³-hybridized carbons (Fsp3) is 0.462. The van der Waals surface area contributed by atoms with Crippen molar-refractivity contribution in [1.82, 2.24) is 10.2 Å². The van der Waals surface area contributed by atoms with Gasteiger partial charge in [-0.3, -0.25) is 4.79 Å². The van der Waals surface area contributed by atoms with Crippen LogP contribution in [0.3, 0.4) is 0 Å². The van der Waals surface area contributed by atoms with E-state index < -0.39 is 17.3 Å². The summed E-state index contributed by atoms with van der Waals surface area (Å²) in [7, 11) is 1.58. The van der Waals surface area contributed by atoms with Crippen LogP contribution in [0.5, 0.6) is 0 Å². The van der Waals surface area contributed by atoms with Crippen molar-refractivity contribution in [3.63, 3.8) is 0 Å². The van der Waals surface area contributed by atoms with Gasteiger partial charge in [-0.2, -0.15) is 8.78 Å². The molecule has 2 amide bonds. The number of hydrogen-bond acceptors (Lipinski definition) is 3. The fourth-order valence-corrected chi connectivity index (χ4v) is 4.86. The van der Waals surface area contributed by atoms with Crippen molar-refractivity contribution in [3.8, 4) is 0 Å². The smallest absolute Gasteiger partial charge is 0.318 e. The van der Waals surface area contributed by atoms with E-state index in [1.165, 1.54) is 6.07 Å². The summed E-state index contributed by atoms with van der Waals surface area (Å²) < 4.78 is 35.0. The summed E-state index contributed by atoms with van der Waals surface area (Å²) in [5, 5.41) is 3.38. The second-order valence-electron chi connectivity index (χ2n) is 9.85. The van der Waals surface area contributed by atoms with E-state index in [0.29, 0.717) is 29.2 Å². The number of nitrogens with one attached hydrogen (secondary N) is 1. The van der Waals surface area contributed by atoms with E-state index in [0.717, 1.165) is 19.3 Å². The van der Waals surface area contributed by atoms with Crippen molar-refractivity contribution in [1.29, 1.82) is 0 Å². The molecule has 2 aliphatic rings. The summed E-state index contributed by atoms with van der Waals surface area (Å²) in [4.78, 5) is 27.0. The van der Waals surface area contributed by atoms with Gasteiger partial charge in [0.1, 0.15) is 6.10 Å². The molecular weight excluding hydrogens is 493 g/mol. The molecule has 0 spiro atoms. The Hall–Kier alpha value is -2.08. The van der Waals surface area contributed by atoms with Crippen molar-refractivity contribution in [2.75, 3.05) is 13.1 Å². The third-order valence-electron chi connectivity index (χ3n) is 6.75. The molecule has 2 aromatic carbocycles. The third kappa shape index (κ3) is 5.84. The van der Waals surface area contributed by atoms with Crippen molar-refractivity contribution in [3.05, 3.63) is 70.2 Å². The molecule has 0 aromatic heterocycles. The van der Waals surface area contributed by atoms with Crippen molar-refractivity contribution < 1.29 is 23.1 Å². The van der Waals surface area contributed by atoms with Crippen molar-refractivity contribution >= 4 is 32.7 Å². The molecule has 1 aliphatic carbocycles. The molecule has 5 nitrogen and oxygen atoms in total. The van der Waals surface area contributed by atoms with E-state index in [2.05, 4.69) is 5.32 Å². The molecule has 9 heteroatoms. The zero-order valence-corrected chi connectivity index (χ0v) is 21.7. The van der Waals surface area contributed by atoms with Crippen LogP contribution in [-0.2, 0) is 15.2 Å². The minimum atomic E-state index is -3.13. The van der Waals surface area contributed by atoms with Crippen molar-refractivity contribution in [2.45, 2.75) is 56.5 Å². The maximum atomic E-state index is 14.4. The Balaban J connectivity index is 1.46. The van der Waals surface area contributed by atoms with Crippen molar-refractivity contribution in [2.24, 2.45) is 5.92 Å². The van der Waals surface area contributed by atoms with E-state index in [1.807, 2.05) is 0 Å². The highest BCUT2D eigenvalue weighted by Crippen LogP contribution is 2.42. The number of alkyl halides is 2. The molecule has 1 N–H and O–H groups in total. The lowest BCUT2D eigenvalue weighted by Gasteiger charge is -2.43. The highest BCUT2D eigenvalue weighted by atomic mass is 35.5. The number of hydrogen-bond donors (Lipinski definition) is 1. The normalized spacial score (nSPS) is 17.9. The van der Waals surface area contributed by atoms with Crippen LogP contribution in [0, 0.1) is 5.92 Å². The number of rotatable bonds is 8. The number of carbonyl (C=O) groups is 2. The second-order valence-corrected chi connectivity index (χ2v) is 11.0. The van der Waals surface area contributed by atoms with Gasteiger partial charge in [-0.25, -0.2) is 4.79 Å². The van der Waals surface area contributed by atoms with E-state index >= 15 is 0 Å². The maximum absolute atomic E-state index is 14.4. The predicted molar refractivity (Wildman–Crippen MR) is 135 cm³/mol. The van der Waals surface area contributed by atoms with E-state index in [1.54, 1.807) is 70.5 Å². The number of halogens is 3. The van der Waals surface area contributed by atoms with Crippen LogP contribution in [-0.4, -0.2) is 41.4 Å². The minimum Gasteiger partial charge on any atom is -0.362 e. The van der Waals surface area contributed by atoms with Gasteiger partial charge in [0.05, 0.1) is 24.7 Å². The first-order valence-electron chi connectivity index (χ1n) is 11.7. The van der Waals surface area contributed by atoms with Gasteiger partial charge in [0.2, 0.25) is 0 Å². The zero-order valence-electron chi connectivity index (χ0n) is 19.8. The van der Waals surface area contributed by atoms with Crippen LogP contribution >= 0.6 is 20.8 Å². The lowest BCUT2D eigenvalue weighted by molar-refractivity contribution is -0.130. The number of ether oxygens (including phenoxy) is 1. The van der Waals surface area contributed by atoms with Gasteiger partial charge in [0, 0.05) is 16.5 Å².